The summed E-state index contributed by atoms with van der Waals surface area (Å²) in [6.07, 6.45) is 5.43. The van der Waals surface area contributed by atoms with Gasteiger partial charge in [0.25, 0.3) is 0 Å². The number of carbonyl (C=O) groups is 1. The van der Waals surface area contributed by atoms with E-state index in [4.69, 9.17) is 0 Å². The normalized spacial score (nSPS) is 20.1. The van der Waals surface area contributed by atoms with Gasteiger partial charge in [-0.1, -0.05) is 12.1 Å². The summed E-state index contributed by atoms with van der Waals surface area (Å²) in [6, 6.07) is 10.5. The van der Waals surface area contributed by atoms with Crippen LogP contribution in [0.2, 0.25) is 0 Å². The third-order valence-electron chi connectivity index (χ3n) is 4.92. The molecule has 0 spiro atoms. The Morgan fingerprint density at radius 3 is 2.73 bits per heavy atom. The zero-order valence-corrected chi connectivity index (χ0v) is 15.1. The van der Waals surface area contributed by atoms with Crippen LogP contribution in [-0.2, 0) is 11.3 Å². The van der Waals surface area contributed by atoms with Crippen LogP contribution < -0.4 is 10.6 Å². The first-order valence-corrected chi connectivity index (χ1v) is 9.34. The largest absolute Gasteiger partial charge is 0.366 e. The van der Waals surface area contributed by atoms with E-state index in [1.165, 1.54) is 25.3 Å². The van der Waals surface area contributed by atoms with E-state index in [2.05, 4.69) is 37.6 Å². The van der Waals surface area contributed by atoms with E-state index < -0.39 is 0 Å². The second kappa shape index (κ2) is 7.41. The summed E-state index contributed by atoms with van der Waals surface area (Å²) in [5, 5.41) is 6.37. The molecule has 0 bridgehead atoms. The summed E-state index contributed by atoms with van der Waals surface area (Å²) in [6.45, 7) is 4.54. The van der Waals surface area contributed by atoms with Crippen molar-refractivity contribution in [3.63, 3.8) is 0 Å². The molecule has 2 aromatic rings. The number of amides is 1. The topological polar surface area (TPSA) is 70.2 Å². The van der Waals surface area contributed by atoms with Crippen molar-refractivity contribution in [2.45, 2.75) is 44.7 Å². The maximum Gasteiger partial charge on any atom is 0.221 e. The molecule has 2 N–H and O–H groups in total. The minimum absolute atomic E-state index is 0.0410. The Balaban J connectivity index is 1.29. The summed E-state index contributed by atoms with van der Waals surface area (Å²) in [5.74, 6) is 2.48. The molecule has 1 aromatic heterocycles. The second-order valence-electron chi connectivity index (χ2n) is 7.32. The van der Waals surface area contributed by atoms with Crippen molar-refractivity contribution < 1.29 is 4.79 Å². The zero-order valence-electron chi connectivity index (χ0n) is 15.1. The molecule has 1 aliphatic heterocycles. The fraction of sp³-hybridized carbons (Fsp3) is 0.450. The van der Waals surface area contributed by atoms with Crippen LogP contribution in [-0.4, -0.2) is 39.9 Å². The summed E-state index contributed by atoms with van der Waals surface area (Å²) in [7, 11) is 0. The van der Waals surface area contributed by atoms with Gasteiger partial charge in [-0.25, -0.2) is 9.97 Å². The lowest BCUT2D eigenvalue weighted by Crippen LogP contribution is -2.26. The average molecular weight is 351 g/mol. The number of hydrogen-bond acceptors (Lipinski definition) is 5. The van der Waals surface area contributed by atoms with E-state index in [0.29, 0.717) is 12.0 Å². The summed E-state index contributed by atoms with van der Waals surface area (Å²) < 4.78 is 0. The fourth-order valence-corrected chi connectivity index (χ4v) is 3.45. The molecule has 1 atom stereocenters. The van der Waals surface area contributed by atoms with Crippen molar-refractivity contribution in [2.24, 2.45) is 0 Å². The molecule has 6 nitrogen and oxygen atoms in total. The molecule has 2 heterocycles. The molecule has 4 rings (SSSR count). The molecule has 1 saturated heterocycles. The quantitative estimate of drug-likeness (QED) is 0.837. The van der Waals surface area contributed by atoms with Gasteiger partial charge in [-0.15, -0.1) is 0 Å². The molecule has 6 heteroatoms. The molecule has 26 heavy (non-hydrogen) atoms. The van der Waals surface area contributed by atoms with Crippen molar-refractivity contribution in [2.75, 3.05) is 23.7 Å². The molecule has 1 unspecified atom stereocenters. The Hall–Kier alpha value is -2.47. The Bertz CT molecular complexity index is 772. The van der Waals surface area contributed by atoms with Crippen molar-refractivity contribution >= 4 is 17.4 Å². The van der Waals surface area contributed by atoms with Crippen LogP contribution in [0.3, 0.4) is 0 Å². The first-order valence-electron chi connectivity index (χ1n) is 9.34. The van der Waals surface area contributed by atoms with Gasteiger partial charge in [0.05, 0.1) is 0 Å². The van der Waals surface area contributed by atoms with Gasteiger partial charge in [0.15, 0.2) is 0 Å². The maximum absolute atomic E-state index is 11.1. The molecule has 0 radical (unpaired) electrons. The first kappa shape index (κ1) is 17.0. The Morgan fingerprint density at radius 2 is 2.00 bits per heavy atom. The Labute approximate surface area is 154 Å². The highest BCUT2D eigenvalue weighted by atomic mass is 16.1. The lowest BCUT2D eigenvalue weighted by atomic mass is 10.2. The lowest BCUT2D eigenvalue weighted by molar-refractivity contribution is -0.114. The van der Waals surface area contributed by atoms with Crippen molar-refractivity contribution in [3.05, 3.63) is 47.9 Å². The molecular weight excluding hydrogens is 326 g/mol. The molecule has 136 valence electrons. The molecule has 1 amide bonds. The van der Waals surface area contributed by atoms with Crippen LogP contribution in [0.5, 0.6) is 0 Å². The predicted octanol–water partition coefficient (Wildman–Crippen LogP) is 3.00. The van der Waals surface area contributed by atoms with Gasteiger partial charge in [0, 0.05) is 50.4 Å². The fourth-order valence-electron chi connectivity index (χ4n) is 3.45. The maximum atomic E-state index is 11.1. The zero-order chi connectivity index (χ0) is 17.9. The molecular formula is C20H25N5O. The van der Waals surface area contributed by atoms with Gasteiger partial charge >= 0.3 is 0 Å². The highest BCUT2D eigenvalue weighted by Crippen LogP contribution is 2.38. The number of nitrogens with zero attached hydrogens (tertiary/aromatic N) is 3. The first-order chi connectivity index (χ1) is 12.7. The van der Waals surface area contributed by atoms with Crippen molar-refractivity contribution in [1.82, 2.24) is 14.9 Å². The van der Waals surface area contributed by atoms with E-state index >= 15 is 0 Å². The molecule has 1 aromatic carbocycles. The van der Waals surface area contributed by atoms with Gasteiger partial charge in [0.2, 0.25) is 5.91 Å². The molecule has 1 saturated carbocycles. The molecule has 2 aliphatic rings. The number of nitrogens with one attached hydrogen (secondary N) is 2. The third kappa shape index (κ3) is 4.38. The van der Waals surface area contributed by atoms with Crippen LogP contribution in [0.1, 0.15) is 43.5 Å². The SMILES string of the molecule is CC(=O)Nc1ccc(CN2CCC(Nc3ccnc(C4CC4)n3)C2)cc1. The van der Waals surface area contributed by atoms with E-state index in [1.807, 2.05) is 24.4 Å². The minimum Gasteiger partial charge on any atom is -0.366 e. The summed E-state index contributed by atoms with van der Waals surface area (Å²) >= 11 is 0. The number of anilines is 2. The van der Waals surface area contributed by atoms with E-state index in [-0.39, 0.29) is 5.91 Å². The van der Waals surface area contributed by atoms with Gasteiger partial charge < -0.3 is 10.6 Å². The summed E-state index contributed by atoms with van der Waals surface area (Å²) in [4.78, 5) is 22.6. The lowest BCUT2D eigenvalue weighted by Gasteiger charge is -2.17. The van der Waals surface area contributed by atoms with Crippen LogP contribution in [0.15, 0.2) is 36.5 Å². The minimum atomic E-state index is -0.0410. The van der Waals surface area contributed by atoms with Gasteiger partial charge in [0.1, 0.15) is 11.6 Å². The predicted molar refractivity (Wildman–Crippen MR) is 102 cm³/mol. The van der Waals surface area contributed by atoms with E-state index in [0.717, 1.165) is 43.4 Å². The van der Waals surface area contributed by atoms with Crippen LogP contribution in [0.25, 0.3) is 0 Å². The van der Waals surface area contributed by atoms with Crippen molar-refractivity contribution in [3.8, 4) is 0 Å². The third-order valence-corrected chi connectivity index (χ3v) is 4.92. The van der Waals surface area contributed by atoms with Crippen LogP contribution in [0, 0.1) is 0 Å². The smallest absolute Gasteiger partial charge is 0.221 e. The van der Waals surface area contributed by atoms with Crippen LogP contribution in [0.4, 0.5) is 11.5 Å². The standard InChI is InChI=1S/C20H25N5O/c1-14(26)22-17-6-2-15(3-7-17)12-25-11-9-18(13-25)23-19-8-10-21-20(24-19)16-4-5-16/h2-3,6-8,10,16,18H,4-5,9,11-13H2,1H3,(H,22,26)(H,21,23,24). The second-order valence-corrected chi connectivity index (χ2v) is 7.32. The number of benzene rings is 1. The number of hydrogen-bond donors (Lipinski definition) is 2. The van der Waals surface area contributed by atoms with Gasteiger partial charge in [-0.05, 0) is 43.0 Å². The van der Waals surface area contributed by atoms with E-state index in [1.54, 1.807) is 0 Å². The average Bonchev–Trinajstić information content (AvgIpc) is 3.39. The van der Waals surface area contributed by atoms with Gasteiger partial charge in [-0.3, -0.25) is 9.69 Å². The number of carbonyl (C=O) groups excluding carboxylic acids is 1. The van der Waals surface area contributed by atoms with E-state index in [9.17, 15) is 4.79 Å². The Morgan fingerprint density at radius 1 is 1.19 bits per heavy atom. The monoisotopic (exact) mass is 351 g/mol. The molecule has 2 fully saturated rings. The highest BCUT2D eigenvalue weighted by Gasteiger charge is 2.27. The highest BCUT2D eigenvalue weighted by molar-refractivity contribution is 5.88. The Kier molecular flexibility index (Phi) is 4.84. The number of rotatable bonds is 6. The van der Waals surface area contributed by atoms with Gasteiger partial charge in [-0.2, -0.15) is 0 Å². The number of aromatic nitrogens is 2. The van der Waals surface area contributed by atoms with Crippen molar-refractivity contribution in [1.29, 1.82) is 0 Å². The number of likely N-dealkylation sites (tertiary alicyclic amines) is 1. The van der Waals surface area contributed by atoms with Crippen LogP contribution >= 0.6 is 0 Å². The summed E-state index contributed by atoms with van der Waals surface area (Å²) in [5.41, 5.74) is 2.11. The molecule has 1 aliphatic carbocycles.